The van der Waals surface area contributed by atoms with Crippen LogP contribution in [0.25, 0.3) is 21.0 Å². The molecular weight excluding hydrogens is 456 g/mol. The first-order chi connectivity index (χ1) is 16.1. The minimum Gasteiger partial charge on any atom is -0.459 e. The van der Waals surface area contributed by atoms with Crippen molar-refractivity contribution >= 4 is 72.3 Å². The smallest absolute Gasteiger partial charge is 0.293 e. The molecule has 2 heterocycles. The molecule has 0 aliphatic carbocycles. The molecule has 0 aliphatic heterocycles. The van der Waals surface area contributed by atoms with Gasteiger partial charge in [-0.25, -0.2) is 4.98 Å². The van der Waals surface area contributed by atoms with Crippen molar-refractivity contribution in [2.45, 2.75) is 0 Å². The van der Waals surface area contributed by atoms with E-state index in [0.29, 0.717) is 16.4 Å². The number of furan rings is 1. The molecule has 0 saturated carbocycles. The van der Waals surface area contributed by atoms with E-state index >= 15 is 0 Å². The fourth-order valence-corrected chi connectivity index (χ4v) is 4.49. The van der Waals surface area contributed by atoms with Crippen molar-refractivity contribution in [2.75, 3.05) is 10.6 Å². The second-order valence-electron chi connectivity index (χ2n) is 7.07. The number of nitrogens with zero attached hydrogens (tertiary/aromatic N) is 1. The number of thiocarbonyl (C=S) groups is 1. The molecule has 0 atom stereocenters. The summed E-state index contributed by atoms with van der Waals surface area (Å²) in [6.07, 6.45) is 1.44. The van der Waals surface area contributed by atoms with Gasteiger partial charge in [-0.15, -0.1) is 0 Å². The Hall–Kier alpha value is -4.08. The highest BCUT2D eigenvalue weighted by Crippen LogP contribution is 2.29. The summed E-state index contributed by atoms with van der Waals surface area (Å²) in [7, 11) is 0. The van der Waals surface area contributed by atoms with Crippen LogP contribution in [-0.2, 0) is 0 Å². The maximum absolute atomic E-state index is 12.8. The Morgan fingerprint density at radius 2 is 1.76 bits per heavy atom. The molecule has 0 unspecified atom stereocenters. The zero-order chi connectivity index (χ0) is 22.8. The lowest BCUT2D eigenvalue weighted by atomic mass is 10.0. The Morgan fingerprint density at radius 3 is 2.61 bits per heavy atom. The van der Waals surface area contributed by atoms with Crippen LogP contribution in [0.15, 0.2) is 83.5 Å². The Morgan fingerprint density at radius 1 is 0.909 bits per heavy atom. The number of nitrogens with one attached hydrogen (secondary N) is 3. The number of benzene rings is 3. The average molecular weight is 473 g/mol. The standard InChI is InChI=1S/C24H16N4O3S2/c29-21(17-8-3-6-14-5-1-2-7-16(14)17)27-23(32)25-15-10-11-18-20(13-15)33-24(26-18)28-22(30)19-9-4-12-31-19/h1-13H,(H,26,28,30)(H2,25,27,29,32). The number of rotatable bonds is 4. The molecule has 0 spiro atoms. The Labute approximate surface area is 197 Å². The fourth-order valence-electron chi connectivity index (χ4n) is 3.38. The van der Waals surface area contributed by atoms with E-state index in [1.807, 2.05) is 48.5 Å². The van der Waals surface area contributed by atoms with Crippen molar-refractivity contribution in [1.82, 2.24) is 10.3 Å². The van der Waals surface area contributed by atoms with Gasteiger partial charge in [0, 0.05) is 11.3 Å². The number of anilines is 2. The second kappa shape index (κ2) is 8.81. The molecule has 5 aromatic rings. The van der Waals surface area contributed by atoms with Gasteiger partial charge in [0.15, 0.2) is 16.0 Å². The summed E-state index contributed by atoms with van der Waals surface area (Å²) < 4.78 is 5.94. The topological polar surface area (TPSA) is 96.3 Å². The van der Waals surface area contributed by atoms with E-state index in [1.165, 1.54) is 17.6 Å². The summed E-state index contributed by atoms with van der Waals surface area (Å²) in [5, 5.41) is 11.0. The van der Waals surface area contributed by atoms with Crippen LogP contribution < -0.4 is 16.0 Å². The zero-order valence-corrected chi connectivity index (χ0v) is 18.6. The van der Waals surface area contributed by atoms with Crippen molar-refractivity contribution in [1.29, 1.82) is 0 Å². The molecule has 3 N–H and O–H groups in total. The van der Waals surface area contributed by atoms with Crippen LogP contribution in [0, 0.1) is 0 Å². The molecule has 9 heteroatoms. The molecule has 3 aromatic carbocycles. The summed E-state index contributed by atoms with van der Waals surface area (Å²) in [6, 6.07) is 21.9. The third kappa shape index (κ3) is 4.45. The summed E-state index contributed by atoms with van der Waals surface area (Å²) >= 11 is 6.66. The van der Waals surface area contributed by atoms with Gasteiger partial charge in [-0.05, 0) is 59.4 Å². The Bertz CT molecular complexity index is 1500. The molecule has 162 valence electrons. The third-order valence-electron chi connectivity index (χ3n) is 4.87. The van der Waals surface area contributed by atoms with Gasteiger partial charge in [-0.1, -0.05) is 47.7 Å². The number of fused-ring (bicyclic) bond motifs is 2. The van der Waals surface area contributed by atoms with E-state index in [-0.39, 0.29) is 22.7 Å². The lowest BCUT2D eigenvalue weighted by molar-refractivity contribution is 0.0976. The highest BCUT2D eigenvalue weighted by atomic mass is 32.1. The van der Waals surface area contributed by atoms with E-state index < -0.39 is 0 Å². The number of thiazole rings is 1. The number of hydrogen-bond acceptors (Lipinski definition) is 6. The van der Waals surface area contributed by atoms with E-state index in [1.54, 1.807) is 24.3 Å². The molecule has 33 heavy (non-hydrogen) atoms. The molecule has 7 nitrogen and oxygen atoms in total. The summed E-state index contributed by atoms with van der Waals surface area (Å²) in [6.45, 7) is 0. The first-order valence-electron chi connectivity index (χ1n) is 9.92. The monoisotopic (exact) mass is 472 g/mol. The zero-order valence-electron chi connectivity index (χ0n) is 17.0. The van der Waals surface area contributed by atoms with Crippen molar-refractivity contribution < 1.29 is 14.0 Å². The highest BCUT2D eigenvalue weighted by molar-refractivity contribution is 7.80. The summed E-state index contributed by atoms with van der Waals surface area (Å²) in [5.74, 6) is -0.440. The number of hydrogen-bond donors (Lipinski definition) is 3. The van der Waals surface area contributed by atoms with Crippen molar-refractivity contribution in [2.24, 2.45) is 0 Å². The average Bonchev–Trinajstić information content (AvgIpc) is 3.48. The maximum atomic E-state index is 12.8. The van der Waals surface area contributed by atoms with Crippen molar-refractivity contribution in [3.8, 4) is 0 Å². The SMILES string of the molecule is O=C(Nc1nc2ccc(NC(=S)NC(=O)c3cccc4ccccc34)cc2s1)c1ccco1. The molecule has 2 aromatic heterocycles. The van der Waals surface area contributed by atoms with Crippen molar-refractivity contribution in [3.63, 3.8) is 0 Å². The molecule has 0 aliphatic rings. The van der Waals surface area contributed by atoms with E-state index in [0.717, 1.165) is 21.0 Å². The van der Waals surface area contributed by atoms with Gasteiger partial charge in [0.1, 0.15) is 0 Å². The molecule has 0 saturated heterocycles. The highest BCUT2D eigenvalue weighted by Gasteiger charge is 2.14. The molecular formula is C24H16N4O3S2. The van der Waals surface area contributed by atoms with Crippen LogP contribution in [0.2, 0.25) is 0 Å². The van der Waals surface area contributed by atoms with Gasteiger partial charge < -0.3 is 9.73 Å². The van der Waals surface area contributed by atoms with Crippen LogP contribution >= 0.6 is 23.6 Å². The molecule has 0 bridgehead atoms. The largest absolute Gasteiger partial charge is 0.459 e. The number of carbonyl (C=O) groups excluding carboxylic acids is 2. The lowest BCUT2D eigenvalue weighted by Crippen LogP contribution is -2.34. The first-order valence-corrected chi connectivity index (χ1v) is 11.1. The van der Waals surface area contributed by atoms with Gasteiger partial charge in [-0.2, -0.15) is 0 Å². The van der Waals surface area contributed by atoms with Gasteiger partial charge >= 0.3 is 0 Å². The molecule has 2 amide bonds. The third-order valence-corrected chi connectivity index (χ3v) is 6.01. The fraction of sp³-hybridized carbons (Fsp3) is 0. The molecule has 5 rings (SSSR count). The summed E-state index contributed by atoms with van der Waals surface area (Å²) in [5.41, 5.74) is 1.97. The molecule has 0 fully saturated rings. The number of carbonyl (C=O) groups is 2. The van der Waals surface area contributed by atoms with Crippen LogP contribution in [0.4, 0.5) is 10.8 Å². The quantitative estimate of drug-likeness (QED) is 0.302. The lowest BCUT2D eigenvalue weighted by Gasteiger charge is -2.11. The van der Waals surface area contributed by atoms with E-state index in [9.17, 15) is 9.59 Å². The van der Waals surface area contributed by atoms with Gasteiger partial charge in [0.25, 0.3) is 11.8 Å². The summed E-state index contributed by atoms with van der Waals surface area (Å²) in [4.78, 5) is 29.4. The Balaban J connectivity index is 1.28. The molecule has 0 radical (unpaired) electrons. The van der Waals surface area contributed by atoms with E-state index in [4.69, 9.17) is 16.6 Å². The predicted molar refractivity (Wildman–Crippen MR) is 134 cm³/mol. The van der Waals surface area contributed by atoms with E-state index in [2.05, 4.69) is 20.9 Å². The van der Waals surface area contributed by atoms with Crippen LogP contribution in [0.5, 0.6) is 0 Å². The van der Waals surface area contributed by atoms with Gasteiger partial charge in [-0.3, -0.25) is 20.2 Å². The van der Waals surface area contributed by atoms with Crippen LogP contribution in [0.1, 0.15) is 20.9 Å². The van der Waals surface area contributed by atoms with Crippen molar-refractivity contribution in [3.05, 3.63) is 90.4 Å². The number of aromatic nitrogens is 1. The normalized spacial score (nSPS) is 10.8. The number of amides is 2. The minimum atomic E-state index is -0.366. The Kier molecular flexibility index (Phi) is 5.55. The van der Waals surface area contributed by atoms with Crippen LogP contribution in [-0.4, -0.2) is 21.9 Å². The first kappa shape index (κ1) is 20.8. The maximum Gasteiger partial charge on any atom is 0.293 e. The van der Waals surface area contributed by atoms with Gasteiger partial charge in [0.2, 0.25) is 0 Å². The van der Waals surface area contributed by atoms with Gasteiger partial charge in [0.05, 0.1) is 16.5 Å². The second-order valence-corrected chi connectivity index (χ2v) is 8.51. The minimum absolute atomic E-state index is 0.183. The van der Waals surface area contributed by atoms with Crippen LogP contribution in [0.3, 0.4) is 0 Å². The predicted octanol–water partition coefficient (Wildman–Crippen LogP) is 5.42.